The van der Waals surface area contributed by atoms with Gasteiger partial charge in [0.2, 0.25) is 0 Å². The summed E-state index contributed by atoms with van der Waals surface area (Å²) in [5.41, 5.74) is 2.24. The molecule has 1 aliphatic heterocycles. The Morgan fingerprint density at radius 1 is 1.56 bits per heavy atom. The molecule has 4 nitrogen and oxygen atoms in total. The molecule has 1 N–H and O–H groups in total. The normalized spacial score (nSPS) is 25.1. The van der Waals surface area contributed by atoms with Crippen molar-refractivity contribution in [2.24, 2.45) is 0 Å². The van der Waals surface area contributed by atoms with Gasteiger partial charge in [0.05, 0.1) is 18.4 Å². The first kappa shape index (κ1) is 13.3. The molecule has 2 unspecified atom stereocenters. The molecule has 1 aromatic rings. The van der Waals surface area contributed by atoms with Gasteiger partial charge in [-0.05, 0) is 25.5 Å². The first-order chi connectivity index (χ1) is 8.72. The minimum atomic E-state index is 0.320. The van der Waals surface area contributed by atoms with Gasteiger partial charge in [0.15, 0.2) is 0 Å². The van der Waals surface area contributed by atoms with Crippen LogP contribution in [-0.2, 0) is 11.3 Å². The van der Waals surface area contributed by atoms with E-state index in [-0.39, 0.29) is 0 Å². The van der Waals surface area contributed by atoms with Gasteiger partial charge in [0, 0.05) is 38.1 Å². The van der Waals surface area contributed by atoms with Gasteiger partial charge in [0.1, 0.15) is 0 Å². The molecule has 2 heterocycles. The van der Waals surface area contributed by atoms with Crippen molar-refractivity contribution in [1.82, 2.24) is 9.88 Å². The Balaban J connectivity index is 2.05. The fraction of sp³-hybridized carbons (Fsp3) is 0.643. The molecule has 1 aromatic heterocycles. The van der Waals surface area contributed by atoms with Crippen molar-refractivity contribution in [3.05, 3.63) is 24.0 Å². The zero-order valence-electron chi connectivity index (χ0n) is 11.5. The fourth-order valence-corrected chi connectivity index (χ4v) is 2.41. The maximum absolute atomic E-state index is 5.72. The van der Waals surface area contributed by atoms with E-state index in [0.717, 1.165) is 37.5 Å². The van der Waals surface area contributed by atoms with E-state index < -0.39 is 0 Å². The molecule has 4 heteroatoms. The van der Waals surface area contributed by atoms with E-state index >= 15 is 0 Å². The molecular weight excluding hydrogens is 226 g/mol. The van der Waals surface area contributed by atoms with E-state index in [1.807, 2.05) is 19.3 Å². The summed E-state index contributed by atoms with van der Waals surface area (Å²) in [6.45, 7) is 7.08. The lowest BCUT2D eigenvalue weighted by Crippen LogP contribution is -2.47. The molecule has 0 aromatic carbocycles. The van der Waals surface area contributed by atoms with E-state index in [2.05, 4.69) is 35.1 Å². The quantitative estimate of drug-likeness (QED) is 0.887. The average Bonchev–Trinajstić information content (AvgIpc) is 2.39. The van der Waals surface area contributed by atoms with Gasteiger partial charge < -0.3 is 10.1 Å². The van der Waals surface area contributed by atoms with Gasteiger partial charge in [-0.3, -0.25) is 9.88 Å². The number of aromatic nitrogens is 1. The Morgan fingerprint density at radius 3 is 3.11 bits per heavy atom. The standard InChI is InChI=1S/C14H23N3O/c1-4-14-10-18-11(2)8-17(14)9-13-7-12(15-3)5-6-16-13/h5-7,11,14H,4,8-10H2,1-3H3,(H,15,16). The maximum atomic E-state index is 5.72. The molecule has 1 saturated heterocycles. The first-order valence-corrected chi connectivity index (χ1v) is 6.71. The van der Waals surface area contributed by atoms with E-state index in [1.54, 1.807) is 0 Å². The van der Waals surface area contributed by atoms with Crippen molar-refractivity contribution in [1.29, 1.82) is 0 Å². The van der Waals surface area contributed by atoms with Crippen LogP contribution in [0, 0.1) is 0 Å². The Hall–Kier alpha value is -1.13. The van der Waals surface area contributed by atoms with Gasteiger partial charge in [0.25, 0.3) is 0 Å². The van der Waals surface area contributed by atoms with Gasteiger partial charge >= 0.3 is 0 Å². The molecular formula is C14H23N3O. The zero-order valence-corrected chi connectivity index (χ0v) is 11.5. The highest BCUT2D eigenvalue weighted by atomic mass is 16.5. The highest BCUT2D eigenvalue weighted by molar-refractivity contribution is 5.42. The summed E-state index contributed by atoms with van der Waals surface area (Å²) in [4.78, 5) is 6.93. The predicted molar refractivity (Wildman–Crippen MR) is 73.7 cm³/mol. The summed E-state index contributed by atoms with van der Waals surface area (Å²) in [5, 5.41) is 3.16. The summed E-state index contributed by atoms with van der Waals surface area (Å²) in [7, 11) is 1.94. The first-order valence-electron chi connectivity index (χ1n) is 6.71. The van der Waals surface area contributed by atoms with Crippen molar-refractivity contribution in [2.75, 3.05) is 25.5 Å². The van der Waals surface area contributed by atoms with Gasteiger partial charge in [-0.1, -0.05) is 6.92 Å². The molecule has 1 fully saturated rings. The number of pyridine rings is 1. The Labute approximate surface area is 109 Å². The molecule has 1 aliphatic rings. The van der Waals surface area contributed by atoms with Crippen LogP contribution in [0.25, 0.3) is 0 Å². The van der Waals surface area contributed by atoms with Crippen LogP contribution in [0.4, 0.5) is 5.69 Å². The lowest BCUT2D eigenvalue weighted by Gasteiger charge is -2.38. The largest absolute Gasteiger partial charge is 0.388 e. The Morgan fingerprint density at radius 2 is 2.39 bits per heavy atom. The number of morpholine rings is 1. The van der Waals surface area contributed by atoms with Crippen LogP contribution < -0.4 is 5.32 Å². The second-order valence-corrected chi connectivity index (χ2v) is 4.92. The molecule has 0 amide bonds. The number of anilines is 1. The minimum Gasteiger partial charge on any atom is -0.388 e. The molecule has 0 radical (unpaired) electrons. The number of nitrogens with one attached hydrogen (secondary N) is 1. The summed E-state index contributed by atoms with van der Waals surface area (Å²) in [6, 6.07) is 4.62. The molecule has 100 valence electrons. The average molecular weight is 249 g/mol. The summed E-state index contributed by atoms with van der Waals surface area (Å²) in [5.74, 6) is 0. The monoisotopic (exact) mass is 249 g/mol. The molecule has 0 aliphatic carbocycles. The van der Waals surface area contributed by atoms with Crippen molar-refractivity contribution in [2.45, 2.75) is 39.0 Å². The smallest absolute Gasteiger partial charge is 0.0674 e. The van der Waals surface area contributed by atoms with Crippen LogP contribution in [0.1, 0.15) is 26.0 Å². The van der Waals surface area contributed by atoms with Crippen LogP contribution >= 0.6 is 0 Å². The zero-order chi connectivity index (χ0) is 13.0. The number of hydrogen-bond acceptors (Lipinski definition) is 4. The topological polar surface area (TPSA) is 37.4 Å². The van der Waals surface area contributed by atoms with Crippen molar-refractivity contribution >= 4 is 5.69 Å². The second-order valence-electron chi connectivity index (χ2n) is 4.92. The summed E-state index contributed by atoms with van der Waals surface area (Å²) >= 11 is 0. The number of nitrogens with zero attached hydrogens (tertiary/aromatic N) is 2. The highest BCUT2D eigenvalue weighted by Crippen LogP contribution is 2.18. The molecule has 18 heavy (non-hydrogen) atoms. The van der Waals surface area contributed by atoms with Crippen LogP contribution in [0.3, 0.4) is 0 Å². The third-order valence-electron chi connectivity index (χ3n) is 3.52. The minimum absolute atomic E-state index is 0.320. The second kappa shape index (κ2) is 6.16. The molecule has 2 rings (SSSR count). The van der Waals surface area contributed by atoms with Gasteiger partial charge in [-0.15, -0.1) is 0 Å². The van der Waals surface area contributed by atoms with Gasteiger partial charge in [-0.2, -0.15) is 0 Å². The van der Waals surface area contributed by atoms with Crippen molar-refractivity contribution < 1.29 is 4.74 Å². The van der Waals surface area contributed by atoms with E-state index in [9.17, 15) is 0 Å². The lowest BCUT2D eigenvalue weighted by molar-refractivity contribution is -0.0595. The van der Waals surface area contributed by atoms with E-state index in [1.165, 1.54) is 0 Å². The fourth-order valence-electron chi connectivity index (χ4n) is 2.41. The Bertz CT molecular complexity index is 383. The van der Waals surface area contributed by atoms with Crippen LogP contribution in [0.15, 0.2) is 18.3 Å². The van der Waals surface area contributed by atoms with E-state index in [4.69, 9.17) is 4.74 Å². The van der Waals surface area contributed by atoms with Crippen LogP contribution in [-0.4, -0.2) is 42.2 Å². The molecule has 0 bridgehead atoms. The Kier molecular flexibility index (Phi) is 4.55. The van der Waals surface area contributed by atoms with Crippen molar-refractivity contribution in [3.63, 3.8) is 0 Å². The molecule has 0 spiro atoms. The summed E-state index contributed by atoms with van der Waals surface area (Å²) in [6.07, 6.45) is 3.31. The lowest BCUT2D eigenvalue weighted by atomic mass is 10.1. The van der Waals surface area contributed by atoms with Crippen molar-refractivity contribution in [3.8, 4) is 0 Å². The summed E-state index contributed by atoms with van der Waals surface area (Å²) < 4.78 is 5.72. The highest BCUT2D eigenvalue weighted by Gasteiger charge is 2.25. The molecule has 0 saturated carbocycles. The van der Waals surface area contributed by atoms with Crippen LogP contribution in [0.5, 0.6) is 0 Å². The molecule has 2 atom stereocenters. The predicted octanol–water partition coefficient (Wildman–Crippen LogP) is 2.12. The third-order valence-corrected chi connectivity index (χ3v) is 3.52. The number of ether oxygens (including phenoxy) is 1. The van der Waals surface area contributed by atoms with Crippen LogP contribution in [0.2, 0.25) is 0 Å². The third kappa shape index (κ3) is 3.21. The van der Waals surface area contributed by atoms with Gasteiger partial charge in [-0.25, -0.2) is 0 Å². The van der Waals surface area contributed by atoms with E-state index in [0.29, 0.717) is 12.1 Å². The maximum Gasteiger partial charge on any atom is 0.0674 e. The number of rotatable bonds is 4. The SMILES string of the molecule is CCC1COC(C)CN1Cc1cc(NC)ccn1. The number of hydrogen-bond donors (Lipinski definition) is 1.